The van der Waals surface area contributed by atoms with Crippen LogP contribution in [0.15, 0.2) is 29.2 Å². The number of carbonyl (C=O) groups is 4. The zero-order valence-corrected chi connectivity index (χ0v) is 18.2. The van der Waals surface area contributed by atoms with Crippen molar-refractivity contribution in [2.75, 3.05) is 39.8 Å². The Labute approximate surface area is 181 Å². The number of sulfonamides is 1. The van der Waals surface area contributed by atoms with Gasteiger partial charge >= 0.3 is 0 Å². The number of nitrogens with zero attached hydrogens (tertiary/aromatic N) is 3. The van der Waals surface area contributed by atoms with Gasteiger partial charge in [0.2, 0.25) is 33.7 Å². The summed E-state index contributed by atoms with van der Waals surface area (Å²) < 4.78 is 25.8. The number of imide groups is 1. The standard InChI is InChI=1S/C20H26N4O6S/c1-21-31(29,30)16-5-2-15(3-6-16)4-7-17(25)22-10-12-23(13-11-22)20(28)14-24-18(26)8-9-19(24)27/h2-3,5-6,21H,4,7-14H2,1H3. The first-order valence-corrected chi connectivity index (χ1v) is 11.6. The molecule has 0 bridgehead atoms. The summed E-state index contributed by atoms with van der Waals surface area (Å²) in [6.07, 6.45) is 1.07. The highest BCUT2D eigenvalue weighted by molar-refractivity contribution is 7.89. The summed E-state index contributed by atoms with van der Waals surface area (Å²) in [5, 5.41) is 0. The smallest absolute Gasteiger partial charge is 0.242 e. The van der Waals surface area contributed by atoms with E-state index in [-0.39, 0.29) is 54.3 Å². The van der Waals surface area contributed by atoms with Crippen LogP contribution in [0.2, 0.25) is 0 Å². The van der Waals surface area contributed by atoms with Crippen molar-refractivity contribution in [2.45, 2.75) is 30.6 Å². The molecule has 1 aromatic rings. The molecule has 0 saturated carbocycles. The van der Waals surface area contributed by atoms with Crippen LogP contribution in [0.4, 0.5) is 0 Å². The van der Waals surface area contributed by atoms with E-state index in [2.05, 4.69) is 4.72 Å². The van der Waals surface area contributed by atoms with Gasteiger partial charge in [0.1, 0.15) is 6.54 Å². The molecule has 2 fully saturated rings. The van der Waals surface area contributed by atoms with E-state index < -0.39 is 10.0 Å². The van der Waals surface area contributed by atoms with Crippen LogP contribution in [0.5, 0.6) is 0 Å². The zero-order valence-electron chi connectivity index (χ0n) is 17.4. The van der Waals surface area contributed by atoms with Gasteiger partial charge in [0.15, 0.2) is 0 Å². The second-order valence-electron chi connectivity index (χ2n) is 7.49. The van der Waals surface area contributed by atoms with Crippen LogP contribution in [-0.2, 0) is 35.6 Å². The molecule has 11 heteroatoms. The molecule has 4 amide bonds. The van der Waals surface area contributed by atoms with Gasteiger partial charge in [-0.05, 0) is 31.2 Å². The van der Waals surface area contributed by atoms with Gasteiger partial charge in [-0.25, -0.2) is 13.1 Å². The molecule has 2 aliphatic heterocycles. The lowest BCUT2D eigenvalue weighted by atomic mass is 10.1. The van der Waals surface area contributed by atoms with E-state index in [0.717, 1.165) is 10.5 Å². The fourth-order valence-electron chi connectivity index (χ4n) is 3.60. The predicted octanol–water partition coefficient (Wildman–Crippen LogP) is -0.653. The molecule has 2 aliphatic rings. The first-order valence-electron chi connectivity index (χ1n) is 10.1. The summed E-state index contributed by atoms with van der Waals surface area (Å²) in [5.41, 5.74) is 0.858. The quantitative estimate of drug-likeness (QED) is 0.551. The van der Waals surface area contributed by atoms with Crippen LogP contribution in [0.1, 0.15) is 24.8 Å². The molecule has 0 aromatic heterocycles. The normalized spacial score (nSPS) is 17.4. The topological polar surface area (TPSA) is 124 Å². The maximum absolute atomic E-state index is 12.5. The molecule has 3 rings (SSSR count). The third kappa shape index (κ3) is 5.47. The molecular formula is C20H26N4O6S. The molecule has 0 aliphatic carbocycles. The minimum absolute atomic E-state index is 0.0380. The average Bonchev–Trinajstić information content (AvgIpc) is 3.09. The number of hydrogen-bond donors (Lipinski definition) is 1. The second-order valence-corrected chi connectivity index (χ2v) is 9.37. The highest BCUT2D eigenvalue weighted by Crippen LogP contribution is 2.14. The van der Waals surface area contributed by atoms with Crippen LogP contribution in [-0.4, -0.2) is 86.5 Å². The van der Waals surface area contributed by atoms with Crippen molar-refractivity contribution in [1.29, 1.82) is 0 Å². The van der Waals surface area contributed by atoms with Crippen molar-refractivity contribution in [3.63, 3.8) is 0 Å². The van der Waals surface area contributed by atoms with Crippen molar-refractivity contribution < 1.29 is 27.6 Å². The molecule has 0 unspecified atom stereocenters. The van der Waals surface area contributed by atoms with Gasteiger partial charge in [-0.2, -0.15) is 0 Å². The molecule has 2 heterocycles. The van der Waals surface area contributed by atoms with Gasteiger partial charge in [0, 0.05) is 45.4 Å². The molecule has 0 atom stereocenters. The van der Waals surface area contributed by atoms with E-state index in [1.54, 1.807) is 21.9 Å². The summed E-state index contributed by atoms with van der Waals surface area (Å²) in [7, 11) is -2.14. The zero-order chi connectivity index (χ0) is 22.6. The maximum atomic E-state index is 12.5. The van der Waals surface area contributed by atoms with Gasteiger partial charge in [-0.15, -0.1) is 0 Å². The number of hydrogen-bond acceptors (Lipinski definition) is 6. The van der Waals surface area contributed by atoms with Crippen molar-refractivity contribution in [2.24, 2.45) is 0 Å². The van der Waals surface area contributed by atoms with E-state index >= 15 is 0 Å². The van der Waals surface area contributed by atoms with Crippen molar-refractivity contribution in [3.05, 3.63) is 29.8 Å². The fourth-order valence-corrected chi connectivity index (χ4v) is 4.33. The average molecular weight is 451 g/mol. The van der Waals surface area contributed by atoms with Crippen LogP contribution < -0.4 is 4.72 Å². The molecule has 1 N–H and O–H groups in total. The lowest BCUT2D eigenvalue weighted by molar-refractivity contribution is -0.147. The van der Waals surface area contributed by atoms with Crippen LogP contribution in [0.25, 0.3) is 0 Å². The Hall–Kier alpha value is -2.79. The number of piperazine rings is 1. The largest absolute Gasteiger partial charge is 0.339 e. The van der Waals surface area contributed by atoms with E-state index in [1.807, 2.05) is 0 Å². The summed E-state index contributed by atoms with van der Waals surface area (Å²) >= 11 is 0. The fraction of sp³-hybridized carbons (Fsp3) is 0.500. The molecular weight excluding hydrogens is 424 g/mol. The Morgan fingerprint density at radius 2 is 1.42 bits per heavy atom. The number of likely N-dealkylation sites (tertiary alicyclic amines) is 1. The minimum Gasteiger partial charge on any atom is -0.339 e. The van der Waals surface area contributed by atoms with E-state index in [1.165, 1.54) is 19.2 Å². The van der Waals surface area contributed by atoms with Crippen LogP contribution in [0, 0.1) is 0 Å². The SMILES string of the molecule is CNS(=O)(=O)c1ccc(CCC(=O)N2CCN(C(=O)CN3C(=O)CCC3=O)CC2)cc1. The van der Waals surface area contributed by atoms with Crippen molar-refractivity contribution in [3.8, 4) is 0 Å². The minimum atomic E-state index is -3.49. The molecule has 168 valence electrons. The first kappa shape index (κ1) is 22.9. The monoisotopic (exact) mass is 450 g/mol. The number of benzene rings is 1. The number of carbonyl (C=O) groups excluding carboxylic acids is 4. The van der Waals surface area contributed by atoms with Gasteiger partial charge in [-0.1, -0.05) is 12.1 Å². The highest BCUT2D eigenvalue weighted by Gasteiger charge is 2.32. The summed E-state index contributed by atoms with van der Waals surface area (Å²) in [6, 6.07) is 6.39. The Morgan fingerprint density at radius 3 is 1.94 bits per heavy atom. The van der Waals surface area contributed by atoms with Gasteiger partial charge in [0.25, 0.3) is 0 Å². The van der Waals surface area contributed by atoms with E-state index in [9.17, 15) is 27.6 Å². The van der Waals surface area contributed by atoms with Crippen molar-refractivity contribution in [1.82, 2.24) is 19.4 Å². The Morgan fingerprint density at radius 1 is 0.903 bits per heavy atom. The number of amides is 4. The number of rotatable bonds is 7. The third-order valence-electron chi connectivity index (χ3n) is 5.56. The number of nitrogens with one attached hydrogen (secondary N) is 1. The predicted molar refractivity (Wildman–Crippen MR) is 110 cm³/mol. The van der Waals surface area contributed by atoms with Crippen molar-refractivity contribution >= 4 is 33.7 Å². The van der Waals surface area contributed by atoms with Crippen LogP contribution >= 0.6 is 0 Å². The lowest BCUT2D eigenvalue weighted by Gasteiger charge is -2.35. The Kier molecular flexibility index (Phi) is 7.06. The van der Waals surface area contributed by atoms with Gasteiger partial charge in [-0.3, -0.25) is 24.1 Å². The molecule has 31 heavy (non-hydrogen) atoms. The van der Waals surface area contributed by atoms with E-state index in [4.69, 9.17) is 0 Å². The molecule has 1 aromatic carbocycles. The maximum Gasteiger partial charge on any atom is 0.242 e. The van der Waals surface area contributed by atoms with Gasteiger partial charge in [0.05, 0.1) is 4.90 Å². The third-order valence-corrected chi connectivity index (χ3v) is 6.99. The Balaban J connectivity index is 1.44. The van der Waals surface area contributed by atoms with E-state index in [0.29, 0.717) is 32.6 Å². The lowest BCUT2D eigenvalue weighted by Crippen LogP contribution is -2.53. The van der Waals surface area contributed by atoms with Crippen LogP contribution in [0.3, 0.4) is 0 Å². The highest BCUT2D eigenvalue weighted by atomic mass is 32.2. The Bertz CT molecular complexity index is 952. The first-order chi connectivity index (χ1) is 14.7. The molecule has 2 saturated heterocycles. The summed E-state index contributed by atoms with van der Waals surface area (Å²) in [5.74, 6) is -0.955. The molecule has 10 nitrogen and oxygen atoms in total. The summed E-state index contributed by atoms with van der Waals surface area (Å²) in [4.78, 5) is 52.7. The van der Waals surface area contributed by atoms with Gasteiger partial charge < -0.3 is 9.80 Å². The number of aryl methyl sites for hydroxylation is 1. The molecule has 0 radical (unpaired) electrons. The summed E-state index contributed by atoms with van der Waals surface area (Å²) in [6.45, 7) is 1.28. The second kappa shape index (κ2) is 9.56. The molecule has 0 spiro atoms.